The van der Waals surface area contributed by atoms with E-state index in [0.717, 1.165) is 5.56 Å². The van der Waals surface area contributed by atoms with Crippen LogP contribution in [0.3, 0.4) is 0 Å². The molecule has 0 saturated carbocycles. The van der Waals surface area contributed by atoms with E-state index in [2.05, 4.69) is 32.2 Å². The highest BCUT2D eigenvalue weighted by molar-refractivity contribution is 5.34. The standard InChI is InChI=1S/C20H19N7O/c21-15-20(16-22,10-6-2-5-9-17-7-3-1-4-8-17)18-23-25-19(26-24-18)27-11-13-28-14-12-27/h1,3-4,7-8H,2,6,10-14H2. The van der Waals surface area contributed by atoms with Crippen molar-refractivity contribution in [3.05, 3.63) is 41.7 Å². The minimum absolute atomic E-state index is 0.0329. The van der Waals surface area contributed by atoms with Crippen LogP contribution in [0.15, 0.2) is 30.3 Å². The monoisotopic (exact) mass is 373 g/mol. The number of benzene rings is 1. The Morgan fingerprint density at radius 2 is 1.68 bits per heavy atom. The van der Waals surface area contributed by atoms with Gasteiger partial charge in [-0.15, -0.1) is 20.4 Å². The number of ether oxygens (including phenoxy) is 1. The molecule has 8 heteroatoms. The highest BCUT2D eigenvalue weighted by atomic mass is 16.5. The number of aromatic nitrogens is 4. The number of hydrogen-bond acceptors (Lipinski definition) is 8. The number of unbranched alkanes of at least 4 members (excludes halogenated alkanes) is 1. The normalized spacial score (nSPS) is 13.7. The van der Waals surface area contributed by atoms with E-state index in [1.54, 1.807) is 0 Å². The van der Waals surface area contributed by atoms with Gasteiger partial charge in [0.2, 0.25) is 11.2 Å². The molecule has 1 saturated heterocycles. The summed E-state index contributed by atoms with van der Waals surface area (Å²) in [5.41, 5.74) is -0.539. The molecule has 1 aromatic carbocycles. The third kappa shape index (κ3) is 4.59. The predicted octanol–water partition coefficient (Wildman–Crippen LogP) is 1.61. The average molecular weight is 373 g/mol. The molecular weight excluding hydrogens is 354 g/mol. The lowest BCUT2D eigenvalue weighted by molar-refractivity contribution is 0.121. The first kappa shape index (κ1) is 19.2. The second kappa shape index (κ2) is 9.41. The van der Waals surface area contributed by atoms with Gasteiger partial charge in [-0.3, -0.25) is 0 Å². The lowest BCUT2D eigenvalue weighted by atomic mass is 9.85. The third-order valence-corrected chi connectivity index (χ3v) is 4.39. The highest BCUT2D eigenvalue weighted by Crippen LogP contribution is 2.25. The fourth-order valence-corrected chi connectivity index (χ4v) is 2.76. The van der Waals surface area contributed by atoms with Crippen LogP contribution < -0.4 is 4.90 Å². The van der Waals surface area contributed by atoms with Gasteiger partial charge in [-0.05, 0) is 25.0 Å². The van der Waals surface area contributed by atoms with Gasteiger partial charge in [0.15, 0.2) is 0 Å². The lowest BCUT2D eigenvalue weighted by Gasteiger charge is -2.26. The van der Waals surface area contributed by atoms with Gasteiger partial charge in [-0.1, -0.05) is 30.0 Å². The Hall–Kier alpha value is -3.54. The van der Waals surface area contributed by atoms with Crippen LogP contribution in [0.1, 0.15) is 30.7 Å². The highest BCUT2D eigenvalue weighted by Gasteiger charge is 2.36. The van der Waals surface area contributed by atoms with E-state index < -0.39 is 5.41 Å². The van der Waals surface area contributed by atoms with Gasteiger partial charge >= 0.3 is 0 Å². The summed E-state index contributed by atoms with van der Waals surface area (Å²) in [6.45, 7) is 2.50. The molecule has 0 amide bonds. The molecule has 0 aliphatic carbocycles. The predicted molar refractivity (Wildman–Crippen MR) is 101 cm³/mol. The Labute approximate surface area is 163 Å². The molecule has 1 aliphatic heterocycles. The SMILES string of the molecule is N#CC(C#N)(CCCC#Cc1ccccc1)c1nnc(N2CCOCC2)nn1. The van der Waals surface area contributed by atoms with E-state index in [1.165, 1.54) is 0 Å². The molecule has 0 spiro atoms. The molecule has 8 nitrogen and oxygen atoms in total. The molecule has 2 aromatic rings. The van der Waals surface area contributed by atoms with Crippen molar-refractivity contribution in [2.75, 3.05) is 31.2 Å². The van der Waals surface area contributed by atoms with Crippen molar-refractivity contribution in [1.29, 1.82) is 10.5 Å². The largest absolute Gasteiger partial charge is 0.378 e. The molecule has 0 bridgehead atoms. The van der Waals surface area contributed by atoms with Crippen LogP contribution in [-0.2, 0) is 10.2 Å². The minimum atomic E-state index is -1.47. The topological polar surface area (TPSA) is 112 Å². The molecule has 1 aliphatic rings. The number of nitrogens with zero attached hydrogens (tertiary/aromatic N) is 7. The Balaban J connectivity index is 1.64. The smallest absolute Gasteiger partial charge is 0.264 e. The maximum absolute atomic E-state index is 9.61. The first-order valence-corrected chi connectivity index (χ1v) is 9.04. The molecule has 2 heterocycles. The van der Waals surface area contributed by atoms with E-state index in [0.29, 0.717) is 45.1 Å². The van der Waals surface area contributed by atoms with Crippen molar-refractivity contribution in [1.82, 2.24) is 20.4 Å². The molecule has 0 radical (unpaired) electrons. The molecule has 1 fully saturated rings. The molecule has 28 heavy (non-hydrogen) atoms. The van der Waals surface area contributed by atoms with Crippen LogP contribution in [0.4, 0.5) is 5.95 Å². The van der Waals surface area contributed by atoms with Crippen molar-refractivity contribution >= 4 is 5.95 Å². The molecular formula is C20H19N7O. The zero-order chi connectivity index (χ0) is 19.7. The first-order chi connectivity index (χ1) is 13.8. The van der Waals surface area contributed by atoms with E-state index in [4.69, 9.17) is 4.74 Å². The summed E-state index contributed by atoms with van der Waals surface area (Å²) in [6, 6.07) is 13.7. The summed E-state index contributed by atoms with van der Waals surface area (Å²) in [7, 11) is 0. The molecule has 140 valence electrons. The molecule has 1 aromatic heterocycles. The van der Waals surface area contributed by atoms with Gasteiger partial charge in [0.1, 0.15) is 0 Å². The summed E-state index contributed by atoms with van der Waals surface area (Å²) >= 11 is 0. The number of rotatable bonds is 5. The maximum Gasteiger partial charge on any atom is 0.264 e. The third-order valence-electron chi connectivity index (χ3n) is 4.39. The van der Waals surface area contributed by atoms with Gasteiger partial charge in [-0.25, -0.2) is 0 Å². The van der Waals surface area contributed by atoms with Crippen molar-refractivity contribution in [2.24, 2.45) is 0 Å². The van der Waals surface area contributed by atoms with Crippen molar-refractivity contribution in [3.63, 3.8) is 0 Å². The van der Waals surface area contributed by atoms with Gasteiger partial charge in [0, 0.05) is 25.1 Å². The van der Waals surface area contributed by atoms with Crippen molar-refractivity contribution < 1.29 is 4.74 Å². The summed E-state index contributed by atoms with van der Waals surface area (Å²) in [4.78, 5) is 1.91. The van der Waals surface area contributed by atoms with E-state index in [-0.39, 0.29) is 12.2 Å². The van der Waals surface area contributed by atoms with E-state index in [9.17, 15) is 10.5 Å². The Morgan fingerprint density at radius 1 is 1.00 bits per heavy atom. The fourth-order valence-electron chi connectivity index (χ4n) is 2.76. The number of nitriles is 2. The second-order valence-electron chi connectivity index (χ2n) is 6.27. The van der Waals surface area contributed by atoms with E-state index in [1.807, 2.05) is 47.4 Å². The Kier molecular flexibility index (Phi) is 6.46. The molecule has 3 rings (SSSR count). The maximum atomic E-state index is 9.61. The second-order valence-corrected chi connectivity index (χ2v) is 6.27. The summed E-state index contributed by atoms with van der Waals surface area (Å²) < 4.78 is 5.29. The molecule has 0 N–H and O–H groups in total. The number of morpholine rings is 1. The van der Waals surface area contributed by atoms with Crippen molar-refractivity contribution in [2.45, 2.75) is 24.7 Å². The van der Waals surface area contributed by atoms with E-state index >= 15 is 0 Å². The van der Waals surface area contributed by atoms with Crippen LogP contribution in [0, 0.1) is 34.5 Å². The zero-order valence-electron chi connectivity index (χ0n) is 15.4. The van der Waals surface area contributed by atoms with Gasteiger partial charge in [0.05, 0.1) is 25.4 Å². The quantitative estimate of drug-likeness (QED) is 0.574. The van der Waals surface area contributed by atoms with Crippen LogP contribution in [-0.4, -0.2) is 46.7 Å². The zero-order valence-corrected chi connectivity index (χ0v) is 15.4. The Morgan fingerprint density at radius 3 is 2.32 bits per heavy atom. The summed E-state index contributed by atoms with van der Waals surface area (Å²) in [6.07, 6.45) is 1.39. The lowest BCUT2D eigenvalue weighted by Crippen LogP contribution is -2.38. The van der Waals surface area contributed by atoms with Crippen molar-refractivity contribution in [3.8, 4) is 24.0 Å². The Bertz CT molecular complexity index is 900. The minimum Gasteiger partial charge on any atom is -0.378 e. The number of hydrogen-bond donors (Lipinski definition) is 0. The summed E-state index contributed by atoms with van der Waals surface area (Å²) in [5.74, 6) is 6.54. The fraction of sp³-hybridized carbons (Fsp3) is 0.400. The average Bonchev–Trinajstić information content (AvgIpc) is 2.78. The molecule has 0 atom stereocenters. The summed E-state index contributed by atoms with van der Waals surface area (Å²) in [5, 5.41) is 35.4. The number of anilines is 1. The first-order valence-electron chi connectivity index (χ1n) is 9.04. The van der Waals surface area contributed by atoms with Crippen LogP contribution >= 0.6 is 0 Å². The van der Waals surface area contributed by atoms with Gasteiger partial charge in [0.25, 0.3) is 5.95 Å². The molecule has 0 unspecified atom stereocenters. The van der Waals surface area contributed by atoms with Gasteiger partial charge < -0.3 is 9.64 Å². The van der Waals surface area contributed by atoms with Crippen LogP contribution in [0.5, 0.6) is 0 Å². The van der Waals surface area contributed by atoms with Gasteiger partial charge in [-0.2, -0.15) is 10.5 Å². The van der Waals surface area contributed by atoms with Crippen LogP contribution in [0.25, 0.3) is 0 Å². The van der Waals surface area contributed by atoms with Crippen LogP contribution in [0.2, 0.25) is 0 Å².